The summed E-state index contributed by atoms with van der Waals surface area (Å²) in [5.41, 5.74) is 19.3. The van der Waals surface area contributed by atoms with Crippen LogP contribution in [0.5, 0.6) is 0 Å². The highest BCUT2D eigenvalue weighted by Crippen LogP contribution is 2.46. The summed E-state index contributed by atoms with van der Waals surface area (Å²) >= 11 is 7.65. The summed E-state index contributed by atoms with van der Waals surface area (Å²) in [6, 6.07) is 5.87. The molecule has 1 aromatic carbocycles. The van der Waals surface area contributed by atoms with Crippen molar-refractivity contribution >= 4 is 40.7 Å². The van der Waals surface area contributed by atoms with Crippen LogP contribution >= 0.6 is 23.4 Å². The number of nitrogens with zero attached hydrogens (tertiary/aromatic N) is 3. The molecule has 6 nitrogen and oxygen atoms in total. The number of hydrogen-bond acceptors (Lipinski definition) is 7. The van der Waals surface area contributed by atoms with E-state index in [1.54, 1.807) is 12.3 Å². The number of rotatable bonds is 3. The van der Waals surface area contributed by atoms with Gasteiger partial charge >= 0.3 is 0 Å². The molecule has 0 unspecified atom stereocenters. The molecule has 8 heteroatoms. The second-order valence-electron chi connectivity index (χ2n) is 7.53. The van der Waals surface area contributed by atoms with Gasteiger partial charge in [0.05, 0.1) is 16.9 Å². The minimum atomic E-state index is 0.329. The molecule has 1 saturated carbocycles. The van der Waals surface area contributed by atoms with Gasteiger partial charge in [-0.3, -0.25) is 0 Å². The van der Waals surface area contributed by atoms with Crippen molar-refractivity contribution in [2.45, 2.75) is 48.1 Å². The molecule has 1 aromatic heterocycles. The Morgan fingerprint density at radius 1 is 1.19 bits per heavy atom. The highest BCUT2D eigenvalue weighted by molar-refractivity contribution is 7.99. The van der Waals surface area contributed by atoms with Crippen LogP contribution in [0.4, 0.5) is 17.3 Å². The van der Waals surface area contributed by atoms with Gasteiger partial charge in [-0.1, -0.05) is 35.9 Å². The van der Waals surface area contributed by atoms with E-state index in [0.29, 0.717) is 33.0 Å². The first kappa shape index (κ1) is 18.7. The number of nitrogen functional groups attached to an aromatic ring is 2. The van der Waals surface area contributed by atoms with Gasteiger partial charge < -0.3 is 22.1 Å². The average Bonchev–Trinajstić information content (AvgIpc) is 3.01. The van der Waals surface area contributed by atoms with Crippen LogP contribution in [-0.2, 0) is 0 Å². The fraction of sp³-hybridized carbons (Fsp3) is 0.474. The molecule has 0 bridgehead atoms. The lowest BCUT2D eigenvalue weighted by molar-refractivity contribution is 0.197. The number of aromatic nitrogens is 2. The minimum Gasteiger partial charge on any atom is -0.397 e. The SMILES string of the molecule is Nc1cccc(Sc2ncc(N3CCC4(CCC[C@H]4N)CC3)nc2N)c1Cl. The maximum Gasteiger partial charge on any atom is 0.158 e. The van der Waals surface area contributed by atoms with E-state index in [2.05, 4.69) is 14.9 Å². The standard InChI is InChI=1S/C19H25ClN6S/c20-16-12(21)3-1-4-13(16)27-18-17(23)25-15(11-24-18)26-9-7-19(8-10-26)6-2-5-14(19)22/h1,3-4,11,14H,2,5-10,21-22H2,(H2,23,25)/t14-/m1/s1. The van der Waals surface area contributed by atoms with Gasteiger partial charge in [0.15, 0.2) is 5.82 Å². The molecule has 1 spiro atoms. The molecule has 6 N–H and O–H groups in total. The summed E-state index contributed by atoms with van der Waals surface area (Å²) in [7, 11) is 0. The molecule has 2 heterocycles. The third-order valence-electron chi connectivity index (χ3n) is 6.01. The Balaban J connectivity index is 1.47. The topological polar surface area (TPSA) is 107 Å². The smallest absolute Gasteiger partial charge is 0.158 e. The quantitative estimate of drug-likeness (QED) is 0.671. The first-order valence-corrected chi connectivity index (χ1v) is 10.5. The van der Waals surface area contributed by atoms with Crippen LogP contribution in [0.2, 0.25) is 5.02 Å². The molecule has 0 radical (unpaired) electrons. The summed E-state index contributed by atoms with van der Waals surface area (Å²) in [5.74, 6) is 1.24. The van der Waals surface area contributed by atoms with Gasteiger partial charge in [0.1, 0.15) is 10.8 Å². The predicted octanol–water partition coefficient (Wildman–Crippen LogP) is 3.54. The van der Waals surface area contributed by atoms with Crippen LogP contribution in [0.25, 0.3) is 0 Å². The van der Waals surface area contributed by atoms with Crippen molar-refractivity contribution in [2.24, 2.45) is 11.1 Å². The van der Waals surface area contributed by atoms with Gasteiger partial charge in [0, 0.05) is 24.0 Å². The molecule has 27 heavy (non-hydrogen) atoms. The van der Waals surface area contributed by atoms with Crippen LogP contribution in [-0.4, -0.2) is 29.1 Å². The van der Waals surface area contributed by atoms with Crippen LogP contribution in [0, 0.1) is 5.41 Å². The molecule has 144 valence electrons. The van der Waals surface area contributed by atoms with Crippen molar-refractivity contribution in [1.82, 2.24) is 9.97 Å². The Morgan fingerprint density at radius 2 is 1.96 bits per heavy atom. The van der Waals surface area contributed by atoms with E-state index in [0.717, 1.165) is 43.1 Å². The van der Waals surface area contributed by atoms with Crippen molar-refractivity contribution in [3.8, 4) is 0 Å². The highest BCUT2D eigenvalue weighted by atomic mass is 35.5. The minimum absolute atomic E-state index is 0.329. The van der Waals surface area contributed by atoms with Crippen molar-refractivity contribution in [3.05, 3.63) is 29.4 Å². The zero-order valence-corrected chi connectivity index (χ0v) is 16.8. The molecule has 1 atom stereocenters. The molecule has 4 rings (SSSR count). The number of halogens is 1. The van der Waals surface area contributed by atoms with E-state index in [4.69, 9.17) is 28.8 Å². The second kappa shape index (κ2) is 7.37. The molecule has 2 aliphatic rings. The Morgan fingerprint density at radius 3 is 2.63 bits per heavy atom. The molecular weight excluding hydrogens is 380 g/mol. The lowest BCUT2D eigenvalue weighted by atomic mass is 9.74. The maximum atomic E-state index is 6.38. The maximum absolute atomic E-state index is 6.38. The third-order valence-corrected chi connectivity index (χ3v) is 7.61. The van der Waals surface area contributed by atoms with E-state index in [-0.39, 0.29) is 0 Å². The summed E-state index contributed by atoms with van der Waals surface area (Å²) in [5, 5.41) is 1.15. The van der Waals surface area contributed by atoms with Gasteiger partial charge in [-0.15, -0.1) is 0 Å². The van der Waals surface area contributed by atoms with Gasteiger partial charge in [-0.2, -0.15) is 0 Å². The molecule has 1 aliphatic heterocycles. The van der Waals surface area contributed by atoms with Crippen molar-refractivity contribution in [3.63, 3.8) is 0 Å². The van der Waals surface area contributed by atoms with E-state index >= 15 is 0 Å². The third kappa shape index (κ3) is 3.56. The molecular formula is C19H25ClN6S. The number of benzene rings is 1. The monoisotopic (exact) mass is 404 g/mol. The summed E-state index contributed by atoms with van der Waals surface area (Å²) < 4.78 is 0. The van der Waals surface area contributed by atoms with Crippen molar-refractivity contribution < 1.29 is 0 Å². The fourth-order valence-corrected chi connectivity index (χ4v) is 5.35. The number of hydrogen-bond donors (Lipinski definition) is 3. The lowest BCUT2D eigenvalue weighted by Gasteiger charge is -2.42. The Bertz CT molecular complexity index is 837. The fourth-order valence-electron chi connectivity index (χ4n) is 4.29. The van der Waals surface area contributed by atoms with Crippen LogP contribution in [0.3, 0.4) is 0 Å². The lowest BCUT2D eigenvalue weighted by Crippen LogP contribution is -2.47. The molecule has 2 fully saturated rings. The largest absolute Gasteiger partial charge is 0.397 e. The number of anilines is 3. The van der Waals surface area contributed by atoms with E-state index in [9.17, 15) is 0 Å². The Hall–Kier alpha value is -1.70. The van der Waals surface area contributed by atoms with Crippen LogP contribution in [0.15, 0.2) is 34.3 Å². The number of piperidine rings is 1. The Labute approximate surface area is 168 Å². The normalized spacial score (nSPS) is 21.7. The zero-order chi connectivity index (χ0) is 19.0. The van der Waals surface area contributed by atoms with E-state index in [1.165, 1.54) is 24.6 Å². The zero-order valence-electron chi connectivity index (χ0n) is 15.2. The first-order valence-electron chi connectivity index (χ1n) is 9.33. The van der Waals surface area contributed by atoms with Gasteiger partial charge in [0.25, 0.3) is 0 Å². The molecule has 1 aliphatic carbocycles. The average molecular weight is 405 g/mol. The Kier molecular flexibility index (Phi) is 5.09. The van der Waals surface area contributed by atoms with Crippen molar-refractivity contribution in [2.75, 3.05) is 29.5 Å². The summed E-state index contributed by atoms with van der Waals surface area (Å²) in [6.45, 7) is 1.91. The van der Waals surface area contributed by atoms with Crippen molar-refractivity contribution in [1.29, 1.82) is 0 Å². The summed E-state index contributed by atoms with van der Waals surface area (Å²) in [6.07, 6.45) is 7.70. The second-order valence-corrected chi connectivity index (χ2v) is 8.94. The highest BCUT2D eigenvalue weighted by Gasteiger charge is 2.43. The van der Waals surface area contributed by atoms with Gasteiger partial charge in [-0.05, 0) is 43.2 Å². The molecule has 1 saturated heterocycles. The van der Waals surface area contributed by atoms with E-state index < -0.39 is 0 Å². The number of nitrogens with two attached hydrogens (primary N) is 3. The van der Waals surface area contributed by atoms with Gasteiger partial charge in [0.2, 0.25) is 0 Å². The first-order chi connectivity index (χ1) is 13.0. The molecule has 2 aromatic rings. The van der Waals surface area contributed by atoms with Crippen LogP contribution in [0.1, 0.15) is 32.1 Å². The van der Waals surface area contributed by atoms with Gasteiger partial charge in [-0.25, -0.2) is 9.97 Å². The van der Waals surface area contributed by atoms with E-state index in [1.807, 2.05) is 12.1 Å². The predicted molar refractivity (Wildman–Crippen MR) is 112 cm³/mol. The van der Waals surface area contributed by atoms with Crippen LogP contribution < -0.4 is 22.1 Å². The molecule has 0 amide bonds. The summed E-state index contributed by atoms with van der Waals surface area (Å²) in [4.78, 5) is 12.2.